The number of carboxylic acids is 1. The predicted octanol–water partition coefficient (Wildman–Crippen LogP) is 1.91. The molecule has 70 valence electrons. The Hall–Kier alpha value is -1.16. The van der Waals surface area contributed by atoms with Crippen molar-refractivity contribution in [3.05, 3.63) is 24.3 Å². The van der Waals surface area contributed by atoms with E-state index in [1.54, 1.807) is 11.8 Å². The van der Waals surface area contributed by atoms with E-state index in [2.05, 4.69) is 5.32 Å². The van der Waals surface area contributed by atoms with Gasteiger partial charge in [0.1, 0.15) is 6.54 Å². The molecule has 0 bridgehead atoms. The van der Waals surface area contributed by atoms with Gasteiger partial charge in [0.15, 0.2) is 0 Å². The van der Waals surface area contributed by atoms with E-state index in [9.17, 15) is 4.79 Å². The molecule has 0 aliphatic carbocycles. The quantitative estimate of drug-likeness (QED) is 0.724. The van der Waals surface area contributed by atoms with E-state index < -0.39 is 5.97 Å². The van der Waals surface area contributed by atoms with Crippen molar-refractivity contribution in [2.75, 3.05) is 18.1 Å². The number of rotatable bonds is 4. The first-order valence-corrected chi connectivity index (χ1v) is 5.04. The topological polar surface area (TPSA) is 49.3 Å². The summed E-state index contributed by atoms with van der Waals surface area (Å²) < 4.78 is 0. The molecule has 0 heterocycles. The fourth-order valence-electron chi connectivity index (χ4n) is 0.911. The van der Waals surface area contributed by atoms with E-state index in [-0.39, 0.29) is 6.54 Å². The van der Waals surface area contributed by atoms with Crippen molar-refractivity contribution in [3.63, 3.8) is 0 Å². The van der Waals surface area contributed by atoms with Gasteiger partial charge in [0.05, 0.1) is 0 Å². The van der Waals surface area contributed by atoms with Crippen molar-refractivity contribution < 1.29 is 9.90 Å². The molecule has 0 saturated carbocycles. The molecule has 4 heteroatoms. The van der Waals surface area contributed by atoms with Gasteiger partial charge in [-0.25, -0.2) is 0 Å². The Kier molecular flexibility index (Phi) is 3.64. The summed E-state index contributed by atoms with van der Waals surface area (Å²) in [5.41, 5.74) is 0.842. The van der Waals surface area contributed by atoms with Crippen LogP contribution in [-0.2, 0) is 4.79 Å². The molecule has 1 aromatic carbocycles. The zero-order chi connectivity index (χ0) is 9.68. The van der Waals surface area contributed by atoms with Crippen LogP contribution in [0.5, 0.6) is 0 Å². The van der Waals surface area contributed by atoms with E-state index >= 15 is 0 Å². The monoisotopic (exact) mass is 197 g/mol. The molecule has 0 amide bonds. The summed E-state index contributed by atoms with van der Waals surface area (Å²) >= 11 is 1.63. The summed E-state index contributed by atoms with van der Waals surface area (Å²) in [4.78, 5) is 11.4. The van der Waals surface area contributed by atoms with Gasteiger partial charge in [-0.1, -0.05) is 6.07 Å². The molecule has 1 rings (SSSR count). The predicted molar refractivity (Wildman–Crippen MR) is 54.3 cm³/mol. The second-order valence-corrected chi connectivity index (χ2v) is 3.36. The average molecular weight is 197 g/mol. The molecule has 0 atom stereocenters. The third kappa shape index (κ3) is 3.38. The van der Waals surface area contributed by atoms with Gasteiger partial charge in [-0.05, 0) is 24.5 Å². The highest BCUT2D eigenvalue weighted by atomic mass is 32.2. The van der Waals surface area contributed by atoms with E-state index in [1.807, 2.05) is 30.5 Å². The Balaban J connectivity index is 2.61. The van der Waals surface area contributed by atoms with Gasteiger partial charge in [-0.15, -0.1) is 11.8 Å². The molecule has 0 aliphatic rings. The van der Waals surface area contributed by atoms with Crippen LogP contribution in [-0.4, -0.2) is 23.9 Å². The van der Waals surface area contributed by atoms with Crippen molar-refractivity contribution in [1.29, 1.82) is 0 Å². The minimum atomic E-state index is -0.852. The zero-order valence-electron chi connectivity index (χ0n) is 7.28. The smallest absolute Gasteiger partial charge is 0.322 e. The number of aliphatic carboxylic acids is 1. The van der Waals surface area contributed by atoms with Crippen molar-refractivity contribution >= 4 is 23.4 Å². The number of hydrogen-bond donors (Lipinski definition) is 2. The maximum absolute atomic E-state index is 10.3. The van der Waals surface area contributed by atoms with Crippen molar-refractivity contribution in [3.8, 4) is 0 Å². The Labute approximate surface area is 81.2 Å². The standard InChI is InChI=1S/C9H11NO2S/c1-13-8-4-2-3-7(5-8)10-6-9(11)12/h2-5,10H,6H2,1H3,(H,11,12). The number of carboxylic acid groups (broad SMARTS) is 1. The van der Waals surface area contributed by atoms with Crippen molar-refractivity contribution in [2.24, 2.45) is 0 Å². The lowest BCUT2D eigenvalue weighted by molar-refractivity contribution is -0.134. The van der Waals surface area contributed by atoms with Crippen LogP contribution >= 0.6 is 11.8 Å². The van der Waals surface area contributed by atoms with Crippen LogP contribution in [0.3, 0.4) is 0 Å². The molecule has 0 unspecified atom stereocenters. The van der Waals surface area contributed by atoms with Crippen LogP contribution in [0.1, 0.15) is 0 Å². The maximum atomic E-state index is 10.3. The van der Waals surface area contributed by atoms with Gasteiger partial charge < -0.3 is 10.4 Å². The molecule has 3 nitrogen and oxygen atoms in total. The van der Waals surface area contributed by atoms with Crippen LogP contribution in [0, 0.1) is 0 Å². The first-order valence-electron chi connectivity index (χ1n) is 3.82. The molecule has 2 N–H and O–H groups in total. The third-order valence-corrected chi connectivity index (χ3v) is 2.24. The lowest BCUT2D eigenvalue weighted by Gasteiger charge is -2.04. The molecule has 13 heavy (non-hydrogen) atoms. The van der Waals surface area contributed by atoms with Crippen LogP contribution in [0.2, 0.25) is 0 Å². The van der Waals surface area contributed by atoms with Gasteiger partial charge in [-0.3, -0.25) is 4.79 Å². The Morgan fingerprint density at radius 2 is 2.38 bits per heavy atom. The Morgan fingerprint density at radius 3 is 3.00 bits per heavy atom. The highest BCUT2D eigenvalue weighted by molar-refractivity contribution is 7.98. The highest BCUT2D eigenvalue weighted by Gasteiger charge is 1.97. The Morgan fingerprint density at radius 1 is 1.62 bits per heavy atom. The minimum Gasteiger partial charge on any atom is -0.480 e. The summed E-state index contributed by atoms with van der Waals surface area (Å²) in [6, 6.07) is 7.66. The number of benzene rings is 1. The number of hydrogen-bond acceptors (Lipinski definition) is 3. The van der Waals surface area contributed by atoms with Crippen molar-refractivity contribution in [2.45, 2.75) is 4.90 Å². The molecule has 1 aromatic rings. The summed E-state index contributed by atoms with van der Waals surface area (Å²) in [6.45, 7) is -0.0438. The maximum Gasteiger partial charge on any atom is 0.322 e. The SMILES string of the molecule is CSc1cccc(NCC(=O)O)c1. The van der Waals surface area contributed by atoms with E-state index in [4.69, 9.17) is 5.11 Å². The largest absolute Gasteiger partial charge is 0.480 e. The van der Waals surface area contributed by atoms with E-state index in [1.165, 1.54) is 0 Å². The fraction of sp³-hybridized carbons (Fsp3) is 0.222. The normalized spacial score (nSPS) is 9.62. The first-order chi connectivity index (χ1) is 6.22. The van der Waals surface area contributed by atoms with Gasteiger partial charge in [0.2, 0.25) is 0 Å². The number of thioether (sulfide) groups is 1. The third-order valence-electron chi connectivity index (χ3n) is 1.51. The van der Waals surface area contributed by atoms with Crippen LogP contribution in [0.15, 0.2) is 29.2 Å². The number of nitrogens with one attached hydrogen (secondary N) is 1. The summed E-state index contributed by atoms with van der Waals surface area (Å²) in [5, 5.41) is 11.2. The van der Waals surface area contributed by atoms with Gasteiger partial charge in [-0.2, -0.15) is 0 Å². The summed E-state index contributed by atoms with van der Waals surface area (Å²) in [5.74, 6) is -0.852. The second kappa shape index (κ2) is 4.77. The van der Waals surface area contributed by atoms with E-state index in [0.29, 0.717) is 0 Å². The number of anilines is 1. The lowest BCUT2D eigenvalue weighted by Crippen LogP contribution is -2.12. The highest BCUT2D eigenvalue weighted by Crippen LogP contribution is 2.18. The Bertz CT molecular complexity index is 301. The van der Waals surface area contributed by atoms with Gasteiger partial charge >= 0.3 is 5.97 Å². The van der Waals surface area contributed by atoms with Crippen molar-refractivity contribution in [1.82, 2.24) is 0 Å². The molecular weight excluding hydrogens is 186 g/mol. The molecular formula is C9H11NO2S. The molecule has 0 saturated heterocycles. The van der Waals surface area contributed by atoms with Gasteiger partial charge in [0.25, 0.3) is 0 Å². The van der Waals surface area contributed by atoms with Crippen LogP contribution in [0.4, 0.5) is 5.69 Å². The van der Waals surface area contributed by atoms with Gasteiger partial charge in [0, 0.05) is 10.6 Å². The molecule has 0 aromatic heterocycles. The zero-order valence-corrected chi connectivity index (χ0v) is 8.10. The van der Waals surface area contributed by atoms with Crippen LogP contribution < -0.4 is 5.32 Å². The summed E-state index contributed by atoms with van der Waals surface area (Å²) in [6.07, 6.45) is 1.98. The molecule has 0 radical (unpaired) electrons. The average Bonchev–Trinajstić information content (AvgIpc) is 2.15. The molecule has 0 aliphatic heterocycles. The second-order valence-electron chi connectivity index (χ2n) is 2.48. The lowest BCUT2D eigenvalue weighted by atomic mass is 10.3. The van der Waals surface area contributed by atoms with Crippen LogP contribution in [0.25, 0.3) is 0 Å². The number of carbonyl (C=O) groups is 1. The molecule has 0 spiro atoms. The fourth-order valence-corrected chi connectivity index (χ4v) is 1.37. The van der Waals surface area contributed by atoms with E-state index in [0.717, 1.165) is 10.6 Å². The molecule has 0 fully saturated rings. The first kappa shape index (κ1) is 9.92. The minimum absolute atomic E-state index is 0.0438. The summed E-state index contributed by atoms with van der Waals surface area (Å²) in [7, 11) is 0.